The maximum absolute atomic E-state index is 10.7. The summed E-state index contributed by atoms with van der Waals surface area (Å²) in [5.74, 6) is 0.396. The van der Waals surface area contributed by atoms with Crippen molar-refractivity contribution in [3.8, 4) is 0 Å². The van der Waals surface area contributed by atoms with Crippen molar-refractivity contribution >= 4 is 8.80 Å². The van der Waals surface area contributed by atoms with E-state index in [0.29, 0.717) is 5.92 Å². The summed E-state index contributed by atoms with van der Waals surface area (Å²) in [6, 6.07) is 0. The highest BCUT2D eigenvalue weighted by atomic mass is 28.4. The van der Waals surface area contributed by atoms with Crippen molar-refractivity contribution in [3.63, 3.8) is 0 Å². The van der Waals surface area contributed by atoms with Crippen LogP contribution in [-0.4, -0.2) is 52.5 Å². The molecular weight excluding hydrogens is 492 g/mol. The fourth-order valence-electron chi connectivity index (χ4n) is 5.58. The molecule has 0 aromatic rings. The van der Waals surface area contributed by atoms with E-state index in [9.17, 15) is 5.11 Å². The van der Waals surface area contributed by atoms with Crippen LogP contribution in [0.4, 0.5) is 0 Å². The molecule has 1 fully saturated rings. The molecule has 5 nitrogen and oxygen atoms in total. The molecule has 0 radical (unpaired) electrons. The third kappa shape index (κ3) is 15.1. The van der Waals surface area contributed by atoms with Crippen LogP contribution in [0.2, 0.25) is 5.54 Å². The minimum absolute atomic E-state index is 0.0804. The van der Waals surface area contributed by atoms with Gasteiger partial charge in [0.15, 0.2) is 0 Å². The van der Waals surface area contributed by atoms with Crippen LogP contribution in [-0.2, 0) is 18.0 Å². The zero-order valence-corrected chi connectivity index (χ0v) is 27.2. The monoisotopic (exact) mass is 558 g/mol. The van der Waals surface area contributed by atoms with Crippen LogP contribution < -0.4 is 0 Å². The van der Waals surface area contributed by atoms with E-state index < -0.39 is 8.80 Å². The van der Waals surface area contributed by atoms with E-state index in [-0.39, 0.29) is 17.7 Å². The average Bonchev–Trinajstić information content (AvgIpc) is 2.92. The third-order valence-electron chi connectivity index (χ3n) is 8.30. The number of aliphatic hydroxyl groups excluding tert-OH is 1. The summed E-state index contributed by atoms with van der Waals surface area (Å²) in [5.41, 5.74) is 0.213. The van der Waals surface area contributed by atoms with Gasteiger partial charge in [-0.3, -0.25) is 0 Å². The Bertz CT molecular complexity index is 484. The molecule has 1 saturated carbocycles. The molecule has 1 rings (SSSR count). The van der Waals surface area contributed by atoms with Crippen LogP contribution in [0, 0.1) is 5.92 Å². The standard InChI is InChI=1S/C32H66O5Si/c1-6-10-14-18-24-34-32-28-30(22-23-31(32)33)29(5)38(35-25-19-15-11-7-2,36-26-20-16-12-8-3)37-27-21-17-13-9-4/h29-33H,6-28H2,1-5H3. The van der Waals surface area contributed by atoms with E-state index in [4.69, 9.17) is 18.0 Å². The SMILES string of the molecule is CCCCCCOC1CC(C(C)[Si](OCCCCCC)(OCCCCCC)OCCCCCC)CCC1O. The van der Waals surface area contributed by atoms with Gasteiger partial charge in [-0.25, -0.2) is 0 Å². The van der Waals surface area contributed by atoms with Crippen LogP contribution in [0.3, 0.4) is 0 Å². The van der Waals surface area contributed by atoms with E-state index in [2.05, 4.69) is 34.6 Å². The van der Waals surface area contributed by atoms with Crippen molar-refractivity contribution < 1.29 is 23.1 Å². The molecule has 4 atom stereocenters. The lowest BCUT2D eigenvalue weighted by Gasteiger charge is -2.42. The molecule has 38 heavy (non-hydrogen) atoms. The van der Waals surface area contributed by atoms with Crippen LogP contribution in [0.5, 0.6) is 0 Å². The molecule has 0 saturated heterocycles. The molecule has 0 aromatic heterocycles. The summed E-state index contributed by atoms with van der Waals surface area (Å²) < 4.78 is 26.6. The molecule has 0 spiro atoms. The number of hydrogen-bond donors (Lipinski definition) is 1. The quantitative estimate of drug-likeness (QED) is 0.0847. The molecule has 1 aliphatic carbocycles. The predicted molar refractivity (Wildman–Crippen MR) is 163 cm³/mol. The first-order chi connectivity index (χ1) is 18.5. The summed E-state index contributed by atoms with van der Waals surface area (Å²) in [7, 11) is -2.90. The van der Waals surface area contributed by atoms with Gasteiger partial charge in [0.2, 0.25) is 0 Å². The van der Waals surface area contributed by atoms with E-state index in [0.717, 1.165) is 71.4 Å². The van der Waals surface area contributed by atoms with Crippen LogP contribution in [0.1, 0.15) is 157 Å². The van der Waals surface area contributed by atoms with Crippen molar-refractivity contribution in [2.45, 2.75) is 174 Å². The highest BCUT2D eigenvalue weighted by Gasteiger charge is 2.51. The summed E-state index contributed by atoms with van der Waals surface area (Å²) >= 11 is 0. The van der Waals surface area contributed by atoms with Crippen molar-refractivity contribution in [1.29, 1.82) is 0 Å². The highest BCUT2D eigenvalue weighted by Crippen LogP contribution is 2.42. The number of rotatable bonds is 26. The molecule has 4 unspecified atom stereocenters. The lowest BCUT2D eigenvalue weighted by Crippen LogP contribution is -2.53. The van der Waals surface area contributed by atoms with Crippen molar-refractivity contribution in [3.05, 3.63) is 0 Å². The van der Waals surface area contributed by atoms with Gasteiger partial charge in [-0.2, -0.15) is 0 Å². The van der Waals surface area contributed by atoms with E-state index >= 15 is 0 Å². The van der Waals surface area contributed by atoms with Gasteiger partial charge in [-0.05, 0) is 50.9 Å². The van der Waals surface area contributed by atoms with Gasteiger partial charge in [-0.15, -0.1) is 0 Å². The third-order valence-corrected chi connectivity index (χ3v) is 11.7. The number of hydrogen-bond acceptors (Lipinski definition) is 5. The highest BCUT2D eigenvalue weighted by molar-refractivity contribution is 6.62. The lowest BCUT2D eigenvalue weighted by molar-refractivity contribution is -0.0758. The zero-order chi connectivity index (χ0) is 27.9. The number of aliphatic hydroxyl groups is 1. The lowest BCUT2D eigenvalue weighted by atomic mass is 9.83. The Morgan fingerprint density at radius 2 is 1.03 bits per heavy atom. The molecule has 0 heterocycles. The summed E-state index contributed by atoms with van der Waals surface area (Å²) in [6.45, 7) is 14.2. The van der Waals surface area contributed by atoms with E-state index in [1.165, 1.54) is 77.0 Å². The van der Waals surface area contributed by atoms with Crippen molar-refractivity contribution in [2.24, 2.45) is 5.92 Å². The Kier molecular flexibility index (Phi) is 22.5. The first-order valence-electron chi connectivity index (χ1n) is 16.8. The average molecular weight is 559 g/mol. The van der Waals surface area contributed by atoms with Crippen LogP contribution in [0.15, 0.2) is 0 Å². The molecule has 0 aromatic carbocycles. The van der Waals surface area contributed by atoms with Crippen molar-refractivity contribution in [2.75, 3.05) is 26.4 Å². The van der Waals surface area contributed by atoms with E-state index in [1.54, 1.807) is 0 Å². The Balaban J connectivity index is 2.93. The second kappa shape index (κ2) is 23.7. The molecule has 0 amide bonds. The van der Waals surface area contributed by atoms with Crippen LogP contribution >= 0.6 is 0 Å². The second-order valence-electron chi connectivity index (χ2n) is 11.7. The van der Waals surface area contributed by atoms with Crippen LogP contribution in [0.25, 0.3) is 0 Å². The Labute approximate surface area is 238 Å². The molecule has 1 N–H and O–H groups in total. The minimum Gasteiger partial charge on any atom is -0.390 e. The maximum Gasteiger partial charge on any atom is 0.504 e. The van der Waals surface area contributed by atoms with Gasteiger partial charge < -0.3 is 23.1 Å². The van der Waals surface area contributed by atoms with Gasteiger partial charge in [-0.1, -0.05) is 112 Å². The molecule has 0 bridgehead atoms. The Morgan fingerprint density at radius 1 is 0.605 bits per heavy atom. The number of ether oxygens (including phenoxy) is 1. The Morgan fingerprint density at radius 3 is 1.45 bits per heavy atom. The predicted octanol–water partition coefficient (Wildman–Crippen LogP) is 9.23. The molecular formula is C32H66O5Si. The Hall–Kier alpha value is 0.0169. The normalized spacial score (nSPS) is 21.2. The van der Waals surface area contributed by atoms with Gasteiger partial charge in [0.05, 0.1) is 12.2 Å². The van der Waals surface area contributed by atoms with E-state index in [1.807, 2.05) is 0 Å². The number of unbranched alkanes of at least 4 members (excludes halogenated alkanes) is 12. The molecule has 6 heteroatoms. The first kappa shape index (κ1) is 36.0. The largest absolute Gasteiger partial charge is 0.504 e. The zero-order valence-electron chi connectivity index (χ0n) is 26.2. The topological polar surface area (TPSA) is 57.2 Å². The fraction of sp³-hybridized carbons (Fsp3) is 1.00. The maximum atomic E-state index is 10.7. The summed E-state index contributed by atoms with van der Waals surface area (Å²) in [5, 5.41) is 10.7. The summed E-state index contributed by atoms with van der Waals surface area (Å²) in [4.78, 5) is 0. The fourth-order valence-corrected chi connectivity index (χ4v) is 8.78. The first-order valence-corrected chi connectivity index (χ1v) is 18.6. The minimum atomic E-state index is -2.90. The van der Waals surface area contributed by atoms with Gasteiger partial charge in [0.25, 0.3) is 0 Å². The van der Waals surface area contributed by atoms with Gasteiger partial charge in [0.1, 0.15) is 0 Å². The van der Waals surface area contributed by atoms with Gasteiger partial charge in [0, 0.05) is 32.0 Å². The molecule has 228 valence electrons. The second-order valence-corrected chi connectivity index (χ2v) is 14.7. The smallest absolute Gasteiger partial charge is 0.390 e. The molecule has 1 aliphatic rings. The summed E-state index contributed by atoms with van der Waals surface area (Å²) in [6.07, 6.45) is 21.2. The molecule has 0 aliphatic heterocycles. The van der Waals surface area contributed by atoms with Crippen molar-refractivity contribution in [1.82, 2.24) is 0 Å². The van der Waals surface area contributed by atoms with Gasteiger partial charge >= 0.3 is 8.80 Å².